The monoisotopic (exact) mass is 362 g/mol. The second kappa shape index (κ2) is 7.37. The van der Waals surface area contributed by atoms with E-state index in [1.807, 2.05) is 13.8 Å². The Morgan fingerprint density at radius 1 is 1.12 bits per heavy atom. The van der Waals surface area contributed by atoms with Crippen molar-refractivity contribution in [2.24, 2.45) is 5.41 Å². The Balaban J connectivity index is 2.21. The number of amides is 2. The van der Waals surface area contributed by atoms with Crippen molar-refractivity contribution in [2.45, 2.75) is 64.8 Å². The minimum atomic E-state index is -1.31. The Kier molecular flexibility index (Phi) is 5.78. The molecular formula is C20H30N2O4. The van der Waals surface area contributed by atoms with E-state index >= 15 is 0 Å². The molecule has 1 heterocycles. The van der Waals surface area contributed by atoms with E-state index in [0.29, 0.717) is 5.56 Å². The van der Waals surface area contributed by atoms with Gasteiger partial charge < -0.3 is 20.4 Å². The number of aliphatic hydroxyl groups excluding tert-OH is 2. The Labute approximate surface area is 155 Å². The minimum absolute atomic E-state index is 0.00410. The molecule has 1 aliphatic rings. The van der Waals surface area contributed by atoms with Crippen molar-refractivity contribution >= 4 is 11.8 Å². The van der Waals surface area contributed by atoms with Crippen molar-refractivity contribution in [1.82, 2.24) is 10.2 Å². The zero-order valence-electron chi connectivity index (χ0n) is 16.2. The number of hydrogen-bond donors (Lipinski definition) is 3. The third kappa shape index (κ3) is 4.83. The molecule has 26 heavy (non-hydrogen) atoms. The van der Waals surface area contributed by atoms with Gasteiger partial charge >= 0.3 is 0 Å². The van der Waals surface area contributed by atoms with Gasteiger partial charge in [0.2, 0.25) is 5.91 Å². The molecule has 0 saturated carbocycles. The van der Waals surface area contributed by atoms with Crippen LogP contribution in [0.25, 0.3) is 0 Å². The lowest BCUT2D eigenvalue weighted by Crippen LogP contribution is -2.56. The molecule has 1 aromatic rings. The normalized spacial score (nSPS) is 23.8. The molecule has 3 N–H and O–H groups in total. The third-order valence-electron chi connectivity index (χ3n) is 4.42. The molecule has 3 atom stereocenters. The SMILES string of the molecule is CC(C)(C)CC(C)(C)NC(=O)[C@@H]1[C@H](O)[C@@H](O)CN1C(=O)c1ccccc1. The van der Waals surface area contributed by atoms with Gasteiger partial charge in [0.25, 0.3) is 5.91 Å². The summed E-state index contributed by atoms with van der Waals surface area (Å²) < 4.78 is 0. The first-order valence-corrected chi connectivity index (χ1v) is 8.95. The van der Waals surface area contributed by atoms with Crippen LogP contribution in [-0.4, -0.2) is 57.3 Å². The van der Waals surface area contributed by atoms with Crippen LogP contribution in [0.15, 0.2) is 30.3 Å². The highest BCUT2D eigenvalue weighted by molar-refractivity contribution is 5.98. The lowest BCUT2D eigenvalue weighted by atomic mass is 9.81. The topological polar surface area (TPSA) is 89.9 Å². The molecular weight excluding hydrogens is 332 g/mol. The Bertz CT molecular complexity index is 652. The molecule has 144 valence electrons. The predicted molar refractivity (Wildman–Crippen MR) is 99.6 cm³/mol. The van der Waals surface area contributed by atoms with Gasteiger partial charge in [0, 0.05) is 11.1 Å². The number of β-amino-alcohol motifs (C(OH)–C–C–N with tert-alkyl or cyclic N) is 1. The molecule has 1 aliphatic heterocycles. The summed E-state index contributed by atoms with van der Waals surface area (Å²) in [6.07, 6.45) is -1.73. The smallest absolute Gasteiger partial charge is 0.254 e. The molecule has 2 amide bonds. The molecule has 6 heteroatoms. The molecule has 1 saturated heterocycles. The van der Waals surface area contributed by atoms with Gasteiger partial charge in [-0.15, -0.1) is 0 Å². The maximum absolute atomic E-state index is 12.9. The molecule has 1 fully saturated rings. The zero-order valence-corrected chi connectivity index (χ0v) is 16.2. The van der Waals surface area contributed by atoms with Crippen LogP contribution in [0.5, 0.6) is 0 Å². The first-order chi connectivity index (χ1) is 11.9. The number of aliphatic hydroxyl groups is 2. The van der Waals surface area contributed by atoms with Gasteiger partial charge in [-0.2, -0.15) is 0 Å². The van der Waals surface area contributed by atoms with Crippen molar-refractivity contribution in [1.29, 1.82) is 0 Å². The third-order valence-corrected chi connectivity index (χ3v) is 4.42. The summed E-state index contributed by atoms with van der Waals surface area (Å²) in [5.41, 5.74) is -0.0886. The van der Waals surface area contributed by atoms with Gasteiger partial charge in [-0.3, -0.25) is 9.59 Å². The summed E-state index contributed by atoms with van der Waals surface area (Å²) in [7, 11) is 0. The zero-order chi connectivity index (χ0) is 19.7. The van der Waals surface area contributed by atoms with Gasteiger partial charge in [-0.05, 0) is 37.8 Å². The van der Waals surface area contributed by atoms with Gasteiger partial charge in [0.1, 0.15) is 18.2 Å². The molecule has 0 unspecified atom stereocenters. The number of nitrogens with one attached hydrogen (secondary N) is 1. The van der Waals surface area contributed by atoms with Crippen LogP contribution in [0.2, 0.25) is 0 Å². The second-order valence-electron chi connectivity index (χ2n) is 8.94. The van der Waals surface area contributed by atoms with Crippen molar-refractivity contribution in [3.05, 3.63) is 35.9 Å². The van der Waals surface area contributed by atoms with Crippen molar-refractivity contribution in [3.8, 4) is 0 Å². The average Bonchev–Trinajstić information content (AvgIpc) is 2.80. The number of carbonyl (C=O) groups is 2. The van der Waals surface area contributed by atoms with Crippen LogP contribution in [0, 0.1) is 5.41 Å². The summed E-state index contributed by atoms with van der Waals surface area (Å²) in [6, 6.07) is 7.45. The molecule has 0 spiro atoms. The van der Waals surface area contributed by atoms with E-state index in [9.17, 15) is 19.8 Å². The van der Waals surface area contributed by atoms with Gasteiger partial charge in [-0.25, -0.2) is 0 Å². The summed E-state index contributed by atoms with van der Waals surface area (Å²) in [5, 5.41) is 23.3. The van der Waals surface area contributed by atoms with Crippen LogP contribution >= 0.6 is 0 Å². The summed E-state index contributed by atoms with van der Waals surface area (Å²) in [4.78, 5) is 26.9. The maximum Gasteiger partial charge on any atom is 0.254 e. The van der Waals surface area contributed by atoms with Crippen molar-refractivity contribution in [3.63, 3.8) is 0 Å². The lowest BCUT2D eigenvalue weighted by Gasteiger charge is -2.35. The number of nitrogens with zero attached hydrogens (tertiary/aromatic N) is 1. The fourth-order valence-corrected chi connectivity index (χ4v) is 3.85. The first kappa shape index (κ1) is 20.4. The fraction of sp³-hybridized carbons (Fsp3) is 0.600. The highest BCUT2D eigenvalue weighted by Gasteiger charge is 2.47. The molecule has 2 rings (SSSR count). The largest absolute Gasteiger partial charge is 0.388 e. The molecule has 0 aromatic heterocycles. The van der Waals surface area contributed by atoms with Crippen molar-refractivity contribution < 1.29 is 19.8 Å². The Hall–Kier alpha value is -1.92. The van der Waals surface area contributed by atoms with E-state index in [-0.39, 0.29) is 17.9 Å². The van der Waals surface area contributed by atoms with E-state index in [1.165, 1.54) is 4.90 Å². The highest BCUT2D eigenvalue weighted by Crippen LogP contribution is 2.28. The van der Waals surface area contributed by atoms with E-state index in [1.54, 1.807) is 30.3 Å². The van der Waals surface area contributed by atoms with Crippen LogP contribution in [0.1, 0.15) is 51.4 Å². The van der Waals surface area contributed by atoms with E-state index in [4.69, 9.17) is 0 Å². The summed E-state index contributed by atoms with van der Waals surface area (Å²) >= 11 is 0. The maximum atomic E-state index is 12.9. The first-order valence-electron chi connectivity index (χ1n) is 8.95. The van der Waals surface area contributed by atoms with Gasteiger partial charge in [0.15, 0.2) is 0 Å². The lowest BCUT2D eigenvalue weighted by molar-refractivity contribution is -0.129. The number of rotatable bonds is 4. The predicted octanol–water partition coefficient (Wildman–Crippen LogP) is 1.56. The van der Waals surface area contributed by atoms with E-state index in [2.05, 4.69) is 26.1 Å². The fourth-order valence-electron chi connectivity index (χ4n) is 3.85. The number of benzene rings is 1. The number of likely N-dealkylation sites (tertiary alicyclic amines) is 1. The second-order valence-corrected chi connectivity index (χ2v) is 8.94. The molecule has 0 bridgehead atoms. The van der Waals surface area contributed by atoms with Gasteiger partial charge in [-0.1, -0.05) is 39.0 Å². The molecule has 1 aromatic carbocycles. The summed E-state index contributed by atoms with van der Waals surface area (Å²) in [5.74, 6) is -0.831. The molecule has 0 aliphatic carbocycles. The van der Waals surface area contributed by atoms with E-state index < -0.39 is 29.7 Å². The van der Waals surface area contributed by atoms with Crippen LogP contribution in [-0.2, 0) is 4.79 Å². The van der Waals surface area contributed by atoms with Crippen LogP contribution < -0.4 is 5.32 Å². The number of hydrogen-bond acceptors (Lipinski definition) is 4. The van der Waals surface area contributed by atoms with Crippen LogP contribution in [0.3, 0.4) is 0 Å². The standard InChI is InChI=1S/C20H30N2O4/c1-19(2,3)12-20(4,5)21-17(25)15-16(24)14(23)11-22(15)18(26)13-9-7-6-8-10-13/h6-10,14-16,23-24H,11-12H2,1-5H3,(H,21,25)/t14-,15-,16+/m0/s1. The van der Waals surface area contributed by atoms with Crippen molar-refractivity contribution in [2.75, 3.05) is 6.54 Å². The summed E-state index contributed by atoms with van der Waals surface area (Å²) in [6.45, 7) is 10.0. The number of carbonyl (C=O) groups excluding carboxylic acids is 2. The van der Waals surface area contributed by atoms with Gasteiger partial charge in [0.05, 0.1) is 6.54 Å². The van der Waals surface area contributed by atoms with Crippen LogP contribution in [0.4, 0.5) is 0 Å². The molecule has 0 radical (unpaired) electrons. The minimum Gasteiger partial charge on any atom is -0.388 e. The average molecular weight is 362 g/mol. The van der Waals surface area contributed by atoms with E-state index in [0.717, 1.165) is 6.42 Å². The quantitative estimate of drug-likeness (QED) is 0.758. The Morgan fingerprint density at radius 3 is 2.23 bits per heavy atom. The highest BCUT2D eigenvalue weighted by atomic mass is 16.3. The Morgan fingerprint density at radius 2 is 1.69 bits per heavy atom. The molecule has 6 nitrogen and oxygen atoms in total.